The topological polar surface area (TPSA) is 25.4 Å². The van der Waals surface area contributed by atoms with E-state index in [1.807, 2.05) is 18.3 Å². The third-order valence-electron chi connectivity index (χ3n) is 6.69. The van der Waals surface area contributed by atoms with Gasteiger partial charge in [0.2, 0.25) is 6.23 Å². The van der Waals surface area contributed by atoms with Crippen molar-refractivity contribution in [2.24, 2.45) is 0 Å². The standard InChI is InChI=1S/C24H21Br2FN2OS/c25-15-6-7-18-14(8-15)9-19-22-17(27)10-16(26)11-20(22)30-24(29(18)19)21-12-28-23(31-21)13-4-2-1-3-5-13/h6-8,10-13,19,24H,1-5,9H2. The summed E-state index contributed by atoms with van der Waals surface area (Å²) in [5.41, 5.74) is 2.96. The Bertz CT molecular complexity index is 1160. The van der Waals surface area contributed by atoms with Crippen LogP contribution in [0.1, 0.15) is 71.3 Å². The van der Waals surface area contributed by atoms with Gasteiger partial charge in [-0.15, -0.1) is 11.3 Å². The van der Waals surface area contributed by atoms with Crippen LogP contribution in [0.3, 0.4) is 0 Å². The number of hydrogen-bond donors (Lipinski definition) is 0. The summed E-state index contributed by atoms with van der Waals surface area (Å²) >= 11 is 8.79. The Morgan fingerprint density at radius 1 is 1.06 bits per heavy atom. The van der Waals surface area contributed by atoms with Crippen molar-refractivity contribution in [2.45, 2.75) is 56.7 Å². The molecule has 0 radical (unpaired) electrons. The maximum Gasteiger partial charge on any atom is 0.210 e. The van der Waals surface area contributed by atoms with E-state index in [9.17, 15) is 0 Å². The number of hydrogen-bond acceptors (Lipinski definition) is 4. The predicted octanol–water partition coefficient (Wildman–Crippen LogP) is 8.05. The molecule has 2 aromatic carbocycles. The molecule has 6 rings (SSSR count). The Morgan fingerprint density at radius 3 is 2.74 bits per heavy atom. The van der Waals surface area contributed by atoms with E-state index in [0.717, 1.165) is 21.5 Å². The fourth-order valence-electron chi connectivity index (χ4n) is 5.28. The molecule has 2 unspecified atom stereocenters. The molecule has 0 saturated heterocycles. The number of aromatic nitrogens is 1. The minimum absolute atomic E-state index is 0.0913. The first-order valence-electron chi connectivity index (χ1n) is 10.8. The third-order valence-corrected chi connectivity index (χ3v) is 8.83. The second-order valence-corrected chi connectivity index (χ2v) is 11.5. The molecule has 0 bridgehead atoms. The van der Waals surface area contributed by atoms with E-state index < -0.39 is 0 Å². The van der Waals surface area contributed by atoms with Crippen molar-refractivity contribution < 1.29 is 9.13 Å². The fourth-order valence-corrected chi connectivity index (χ4v) is 7.22. The summed E-state index contributed by atoms with van der Waals surface area (Å²) in [6.07, 6.45) is 8.79. The van der Waals surface area contributed by atoms with Crippen molar-refractivity contribution in [1.82, 2.24) is 4.98 Å². The highest BCUT2D eigenvalue weighted by Crippen LogP contribution is 2.54. The highest BCUT2D eigenvalue weighted by Gasteiger charge is 2.44. The average molecular weight is 564 g/mol. The van der Waals surface area contributed by atoms with E-state index >= 15 is 4.39 Å². The smallest absolute Gasteiger partial charge is 0.210 e. The van der Waals surface area contributed by atoms with Crippen LogP contribution in [-0.2, 0) is 6.42 Å². The molecule has 3 aliphatic rings. The first-order chi connectivity index (χ1) is 15.1. The zero-order valence-corrected chi connectivity index (χ0v) is 20.8. The van der Waals surface area contributed by atoms with Crippen LogP contribution in [-0.4, -0.2) is 4.98 Å². The van der Waals surface area contributed by atoms with Gasteiger partial charge >= 0.3 is 0 Å². The minimum atomic E-state index is -0.302. The maximum atomic E-state index is 15.1. The van der Waals surface area contributed by atoms with Crippen molar-refractivity contribution in [3.8, 4) is 5.75 Å². The molecule has 31 heavy (non-hydrogen) atoms. The second kappa shape index (κ2) is 7.85. The van der Waals surface area contributed by atoms with Crippen LogP contribution in [0.2, 0.25) is 0 Å². The van der Waals surface area contributed by atoms with Crippen LogP contribution in [0.15, 0.2) is 45.5 Å². The number of ether oxygens (including phenoxy) is 1. The quantitative estimate of drug-likeness (QED) is 0.315. The van der Waals surface area contributed by atoms with Gasteiger partial charge in [-0.2, -0.15) is 0 Å². The van der Waals surface area contributed by atoms with Crippen molar-refractivity contribution in [1.29, 1.82) is 0 Å². The van der Waals surface area contributed by atoms with E-state index in [-0.39, 0.29) is 18.1 Å². The van der Waals surface area contributed by atoms with E-state index in [2.05, 4.69) is 48.9 Å². The highest BCUT2D eigenvalue weighted by molar-refractivity contribution is 9.10. The molecule has 0 N–H and O–H groups in total. The average Bonchev–Trinajstić information content (AvgIpc) is 3.38. The zero-order chi connectivity index (χ0) is 21.1. The molecule has 1 aliphatic carbocycles. The van der Waals surface area contributed by atoms with Crippen LogP contribution in [0.4, 0.5) is 10.1 Å². The van der Waals surface area contributed by atoms with Gasteiger partial charge in [-0.1, -0.05) is 51.1 Å². The van der Waals surface area contributed by atoms with E-state index in [1.54, 1.807) is 11.3 Å². The molecule has 1 saturated carbocycles. The molecule has 3 aromatic rings. The summed E-state index contributed by atoms with van der Waals surface area (Å²) in [6.45, 7) is 0. The number of benzene rings is 2. The lowest BCUT2D eigenvalue weighted by molar-refractivity contribution is 0.167. The van der Waals surface area contributed by atoms with Crippen molar-refractivity contribution in [2.75, 3.05) is 4.90 Å². The highest BCUT2D eigenvalue weighted by atomic mass is 79.9. The van der Waals surface area contributed by atoms with Gasteiger partial charge in [-0.3, -0.25) is 0 Å². The summed E-state index contributed by atoms with van der Waals surface area (Å²) in [7, 11) is 0. The van der Waals surface area contributed by atoms with Crippen molar-refractivity contribution in [3.05, 3.63) is 72.3 Å². The Labute approximate surface area is 201 Å². The number of fused-ring (bicyclic) bond motifs is 5. The lowest BCUT2D eigenvalue weighted by atomic mass is 9.90. The summed E-state index contributed by atoms with van der Waals surface area (Å²) in [5, 5.41) is 1.22. The van der Waals surface area contributed by atoms with E-state index in [0.29, 0.717) is 21.7 Å². The van der Waals surface area contributed by atoms with Crippen LogP contribution < -0.4 is 9.64 Å². The molecule has 1 aromatic heterocycles. The molecule has 1 fully saturated rings. The number of halogens is 3. The van der Waals surface area contributed by atoms with Crippen LogP contribution in [0, 0.1) is 5.82 Å². The molecule has 3 heterocycles. The summed E-state index contributed by atoms with van der Waals surface area (Å²) in [6, 6.07) is 9.64. The Hall–Kier alpha value is -1.44. The van der Waals surface area contributed by atoms with Gasteiger partial charge in [-0.05, 0) is 55.2 Å². The largest absolute Gasteiger partial charge is 0.465 e. The summed E-state index contributed by atoms with van der Waals surface area (Å²) < 4.78 is 23.3. The predicted molar refractivity (Wildman–Crippen MR) is 128 cm³/mol. The lowest BCUT2D eigenvalue weighted by Crippen LogP contribution is -2.37. The molecule has 0 amide bonds. The molecule has 160 valence electrons. The monoisotopic (exact) mass is 562 g/mol. The summed E-state index contributed by atoms with van der Waals surface area (Å²) in [4.78, 5) is 8.15. The van der Waals surface area contributed by atoms with Gasteiger partial charge < -0.3 is 9.64 Å². The Morgan fingerprint density at radius 2 is 1.90 bits per heavy atom. The first kappa shape index (κ1) is 20.2. The van der Waals surface area contributed by atoms with Crippen LogP contribution >= 0.6 is 43.2 Å². The zero-order valence-electron chi connectivity index (χ0n) is 16.8. The van der Waals surface area contributed by atoms with Gasteiger partial charge in [-0.25, -0.2) is 9.37 Å². The first-order valence-corrected chi connectivity index (χ1v) is 13.2. The van der Waals surface area contributed by atoms with Gasteiger partial charge in [0.25, 0.3) is 0 Å². The van der Waals surface area contributed by atoms with Crippen molar-refractivity contribution >= 4 is 48.9 Å². The molecule has 2 aliphatic heterocycles. The molecular weight excluding hydrogens is 543 g/mol. The SMILES string of the molecule is Fc1cc(Br)cc2c1C1Cc3cc(Br)ccc3N1C(c1cnc(C3CCCCC3)s1)O2. The lowest BCUT2D eigenvalue weighted by Gasteiger charge is -2.40. The Kier molecular flexibility index (Phi) is 5.11. The van der Waals surface area contributed by atoms with E-state index in [4.69, 9.17) is 9.72 Å². The second-order valence-electron chi connectivity index (χ2n) is 8.61. The maximum absolute atomic E-state index is 15.1. The van der Waals surface area contributed by atoms with Crippen LogP contribution in [0.25, 0.3) is 0 Å². The third kappa shape index (κ3) is 3.44. The number of nitrogens with zero attached hydrogens (tertiary/aromatic N) is 2. The van der Waals surface area contributed by atoms with Gasteiger partial charge in [0.15, 0.2) is 0 Å². The molecule has 2 atom stereocenters. The number of anilines is 1. The fraction of sp³-hybridized carbons (Fsp3) is 0.375. The molecular formula is C24H21Br2FN2OS. The number of rotatable bonds is 2. The minimum Gasteiger partial charge on any atom is -0.465 e. The van der Waals surface area contributed by atoms with Crippen LogP contribution in [0.5, 0.6) is 5.75 Å². The molecule has 3 nitrogen and oxygen atoms in total. The molecule has 7 heteroatoms. The molecule has 0 spiro atoms. The Balaban J connectivity index is 1.45. The van der Waals surface area contributed by atoms with Gasteiger partial charge in [0.05, 0.1) is 21.5 Å². The van der Waals surface area contributed by atoms with Gasteiger partial charge in [0, 0.05) is 26.7 Å². The van der Waals surface area contributed by atoms with Gasteiger partial charge in [0.1, 0.15) is 11.6 Å². The summed E-state index contributed by atoms with van der Waals surface area (Å²) in [5.74, 6) is 0.960. The number of thiazole rings is 1. The van der Waals surface area contributed by atoms with E-state index in [1.165, 1.54) is 48.7 Å². The normalized spacial score (nSPS) is 22.6. The van der Waals surface area contributed by atoms with Crippen molar-refractivity contribution in [3.63, 3.8) is 0 Å².